The van der Waals surface area contributed by atoms with Crippen molar-refractivity contribution in [1.82, 2.24) is 19.9 Å². The molecule has 0 aliphatic carbocycles. The van der Waals surface area contributed by atoms with Crippen molar-refractivity contribution in [3.8, 4) is 10.8 Å². The number of aromatic nitrogens is 3. The number of hydrogen-bond donors (Lipinski definition) is 1. The number of fused-ring (bicyclic) bond motifs is 1. The number of carbonyl (C=O) groups excluding carboxylic acids is 1. The molecule has 0 aromatic carbocycles. The molecule has 24 heavy (non-hydrogen) atoms. The first-order valence-electron chi connectivity index (χ1n) is 7.98. The van der Waals surface area contributed by atoms with Crippen LogP contribution in [-0.2, 0) is 24.2 Å². The Morgan fingerprint density at radius 1 is 1.54 bits per heavy atom. The first kappa shape index (κ1) is 15.1. The van der Waals surface area contributed by atoms with Crippen LogP contribution in [0.4, 0.5) is 0 Å². The highest BCUT2D eigenvalue weighted by molar-refractivity contribution is 7.13. The van der Waals surface area contributed by atoms with Crippen LogP contribution < -0.4 is 5.32 Å². The van der Waals surface area contributed by atoms with E-state index in [9.17, 15) is 4.79 Å². The fourth-order valence-corrected chi connectivity index (χ4v) is 3.66. The van der Waals surface area contributed by atoms with Gasteiger partial charge < -0.3 is 14.3 Å². The molecular weight excluding hydrogens is 324 g/mol. The van der Waals surface area contributed by atoms with Gasteiger partial charge in [0.15, 0.2) is 0 Å². The average molecular weight is 342 g/mol. The van der Waals surface area contributed by atoms with Crippen LogP contribution in [0, 0.1) is 6.92 Å². The molecule has 0 spiro atoms. The normalized spacial score (nSPS) is 16.8. The molecule has 1 aliphatic rings. The van der Waals surface area contributed by atoms with E-state index in [1.54, 1.807) is 11.3 Å². The quantitative estimate of drug-likeness (QED) is 0.791. The smallest absolute Gasteiger partial charge is 0.236 e. The third-order valence-electron chi connectivity index (χ3n) is 4.25. The van der Waals surface area contributed by atoms with Gasteiger partial charge in [0.1, 0.15) is 11.6 Å². The van der Waals surface area contributed by atoms with Gasteiger partial charge in [0.25, 0.3) is 0 Å². The predicted molar refractivity (Wildman–Crippen MR) is 90.7 cm³/mol. The number of amides is 1. The molecule has 3 aromatic heterocycles. The van der Waals surface area contributed by atoms with Gasteiger partial charge in [-0.25, -0.2) is 9.97 Å². The van der Waals surface area contributed by atoms with Crippen LogP contribution in [0.2, 0.25) is 0 Å². The Bertz CT molecular complexity index is 850. The molecule has 124 valence electrons. The third kappa shape index (κ3) is 2.99. The van der Waals surface area contributed by atoms with Gasteiger partial charge in [0, 0.05) is 31.4 Å². The number of hydrogen-bond acceptors (Lipinski definition) is 5. The van der Waals surface area contributed by atoms with Crippen LogP contribution in [0.1, 0.15) is 23.7 Å². The molecule has 0 unspecified atom stereocenters. The zero-order valence-corrected chi connectivity index (χ0v) is 14.2. The number of aryl methyl sites for hydroxylation is 2. The lowest BCUT2D eigenvalue weighted by molar-refractivity contribution is -0.121. The summed E-state index contributed by atoms with van der Waals surface area (Å²) in [6, 6.07) is 4.06. The van der Waals surface area contributed by atoms with E-state index in [0.717, 1.165) is 30.1 Å². The number of thiophene rings is 1. The lowest BCUT2D eigenvalue weighted by atomic mass is 10.1. The largest absolute Gasteiger partial charge is 0.440 e. The van der Waals surface area contributed by atoms with E-state index in [1.807, 2.05) is 36.8 Å². The molecule has 0 radical (unpaired) electrons. The second-order valence-electron chi connectivity index (χ2n) is 5.97. The molecule has 1 aliphatic heterocycles. The van der Waals surface area contributed by atoms with Crippen LogP contribution in [0.25, 0.3) is 10.8 Å². The summed E-state index contributed by atoms with van der Waals surface area (Å²) in [5.41, 5.74) is 0.704. The zero-order chi connectivity index (χ0) is 16.5. The van der Waals surface area contributed by atoms with Crippen molar-refractivity contribution in [2.45, 2.75) is 38.8 Å². The Hall–Kier alpha value is -2.41. The highest BCUT2D eigenvalue weighted by atomic mass is 32.1. The highest BCUT2D eigenvalue weighted by Gasteiger charge is 2.22. The molecular formula is C17H18N4O2S. The molecule has 1 N–H and O–H groups in total. The summed E-state index contributed by atoms with van der Waals surface area (Å²) in [5.74, 6) is 2.37. The molecule has 7 heteroatoms. The first-order chi connectivity index (χ1) is 11.7. The first-order valence-corrected chi connectivity index (χ1v) is 8.86. The third-order valence-corrected chi connectivity index (χ3v) is 5.11. The lowest BCUT2D eigenvalue weighted by Gasteiger charge is -2.24. The summed E-state index contributed by atoms with van der Waals surface area (Å²) in [6.45, 7) is 2.63. The fourth-order valence-electron chi connectivity index (χ4n) is 3.01. The highest BCUT2D eigenvalue weighted by Crippen LogP contribution is 2.26. The Morgan fingerprint density at radius 3 is 3.29 bits per heavy atom. The van der Waals surface area contributed by atoms with Gasteiger partial charge in [0.05, 0.1) is 17.0 Å². The van der Waals surface area contributed by atoms with Crippen molar-refractivity contribution in [2.24, 2.45) is 0 Å². The molecule has 4 rings (SSSR count). The van der Waals surface area contributed by atoms with Crippen molar-refractivity contribution < 1.29 is 9.21 Å². The second-order valence-corrected chi connectivity index (χ2v) is 6.92. The number of imidazole rings is 1. The molecule has 4 heterocycles. The molecule has 0 saturated heterocycles. The maximum absolute atomic E-state index is 12.4. The second kappa shape index (κ2) is 6.24. The zero-order valence-electron chi connectivity index (χ0n) is 13.4. The molecule has 6 nitrogen and oxygen atoms in total. The molecule has 1 amide bonds. The van der Waals surface area contributed by atoms with Crippen molar-refractivity contribution in [1.29, 1.82) is 0 Å². The minimum absolute atomic E-state index is 0.0160. The van der Waals surface area contributed by atoms with E-state index < -0.39 is 0 Å². The summed E-state index contributed by atoms with van der Waals surface area (Å²) < 4.78 is 7.79. The Kier molecular flexibility index (Phi) is 3.93. The lowest BCUT2D eigenvalue weighted by Crippen LogP contribution is -2.41. The summed E-state index contributed by atoms with van der Waals surface area (Å²) in [6.07, 6.45) is 5.82. The molecule has 0 fully saturated rings. The van der Waals surface area contributed by atoms with Crippen LogP contribution in [0.3, 0.4) is 0 Å². The van der Waals surface area contributed by atoms with E-state index in [4.69, 9.17) is 4.42 Å². The molecule has 3 aromatic rings. The maximum Gasteiger partial charge on any atom is 0.236 e. The number of nitrogens with zero attached hydrogens (tertiary/aromatic N) is 3. The van der Waals surface area contributed by atoms with Gasteiger partial charge in [-0.3, -0.25) is 4.79 Å². The summed E-state index contributed by atoms with van der Waals surface area (Å²) in [7, 11) is 0. The molecule has 0 saturated carbocycles. The van der Waals surface area contributed by atoms with E-state index in [-0.39, 0.29) is 18.4 Å². The SMILES string of the molecule is Cc1oc(-c2cccs2)nc1CC(=O)N[C@H]1CCc2nccn2C1. The minimum Gasteiger partial charge on any atom is -0.440 e. The van der Waals surface area contributed by atoms with Crippen LogP contribution in [0.15, 0.2) is 34.3 Å². The monoisotopic (exact) mass is 342 g/mol. The van der Waals surface area contributed by atoms with Gasteiger partial charge in [-0.15, -0.1) is 11.3 Å². The maximum atomic E-state index is 12.4. The van der Waals surface area contributed by atoms with Crippen molar-refractivity contribution in [3.05, 3.63) is 47.2 Å². The number of rotatable bonds is 4. The molecule has 1 atom stereocenters. The number of oxazole rings is 1. The van der Waals surface area contributed by atoms with Gasteiger partial charge in [-0.1, -0.05) is 6.07 Å². The number of nitrogens with one attached hydrogen (secondary N) is 1. The summed E-state index contributed by atoms with van der Waals surface area (Å²) >= 11 is 1.57. The Labute approximate surface area is 143 Å². The minimum atomic E-state index is -0.0160. The van der Waals surface area contributed by atoms with Gasteiger partial charge in [-0.2, -0.15) is 0 Å². The Balaban J connectivity index is 1.40. The van der Waals surface area contributed by atoms with Crippen molar-refractivity contribution in [2.75, 3.05) is 0 Å². The van der Waals surface area contributed by atoms with Crippen molar-refractivity contribution >= 4 is 17.2 Å². The fraction of sp³-hybridized carbons (Fsp3) is 0.353. The standard InChI is InChI=1S/C17H18N4O2S/c1-11-13(20-17(23-11)14-3-2-8-24-14)9-16(22)19-12-4-5-15-18-6-7-21(15)10-12/h2-3,6-8,12H,4-5,9-10H2,1H3,(H,19,22)/t12-/m0/s1. The average Bonchev–Trinajstić information content (AvgIpc) is 3.28. The predicted octanol–water partition coefficient (Wildman–Crippen LogP) is 2.58. The Morgan fingerprint density at radius 2 is 2.46 bits per heavy atom. The van der Waals surface area contributed by atoms with Crippen LogP contribution in [0.5, 0.6) is 0 Å². The van der Waals surface area contributed by atoms with E-state index in [2.05, 4.69) is 19.9 Å². The van der Waals surface area contributed by atoms with Crippen LogP contribution >= 0.6 is 11.3 Å². The topological polar surface area (TPSA) is 73.0 Å². The molecule has 0 bridgehead atoms. The van der Waals surface area contributed by atoms with Crippen LogP contribution in [-0.4, -0.2) is 26.5 Å². The summed E-state index contributed by atoms with van der Waals surface area (Å²) in [5, 5.41) is 5.08. The summed E-state index contributed by atoms with van der Waals surface area (Å²) in [4.78, 5) is 22.1. The van der Waals surface area contributed by atoms with E-state index >= 15 is 0 Å². The van der Waals surface area contributed by atoms with E-state index in [1.165, 1.54) is 0 Å². The van der Waals surface area contributed by atoms with Gasteiger partial charge in [-0.05, 0) is 24.8 Å². The van der Waals surface area contributed by atoms with E-state index in [0.29, 0.717) is 17.3 Å². The van der Waals surface area contributed by atoms with Gasteiger partial charge in [0.2, 0.25) is 11.8 Å². The number of carbonyl (C=O) groups is 1. The van der Waals surface area contributed by atoms with Crippen molar-refractivity contribution in [3.63, 3.8) is 0 Å². The van der Waals surface area contributed by atoms with Gasteiger partial charge >= 0.3 is 0 Å².